The van der Waals surface area contributed by atoms with Crippen LogP contribution in [0.25, 0.3) is 0 Å². The van der Waals surface area contributed by atoms with Crippen molar-refractivity contribution < 1.29 is 4.79 Å². The second-order valence-electron chi connectivity index (χ2n) is 6.65. The highest BCUT2D eigenvalue weighted by Crippen LogP contribution is 2.30. The molecule has 1 aliphatic rings. The van der Waals surface area contributed by atoms with Crippen LogP contribution < -0.4 is 5.32 Å². The van der Waals surface area contributed by atoms with Crippen molar-refractivity contribution in [3.8, 4) is 0 Å². The first-order chi connectivity index (χ1) is 9.29. The fourth-order valence-electron chi connectivity index (χ4n) is 2.26. The van der Waals surface area contributed by atoms with Gasteiger partial charge in [0.15, 0.2) is 0 Å². The Hall–Kier alpha value is -1.06. The molecule has 2 atom stereocenters. The van der Waals surface area contributed by atoms with Crippen molar-refractivity contribution in [3.63, 3.8) is 0 Å². The van der Waals surface area contributed by atoms with Crippen LogP contribution in [0.15, 0.2) is 24.3 Å². The lowest BCUT2D eigenvalue weighted by atomic mass is 9.81. The summed E-state index contributed by atoms with van der Waals surface area (Å²) in [7, 11) is 0. The zero-order valence-electron chi connectivity index (χ0n) is 12.6. The number of amides is 1. The topological polar surface area (TPSA) is 32.3 Å². The molecule has 0 spiro atoms. The maximum Gasteiger partial charge on any atom is 0.238 e. The van der Waals surface area contributed by atoms with E-state index >= 15 is 0 Å². The monoisotopic (exact) mass is 294 g/mol. The molecule has 0 aliphatic carbocycles. The van der Waals surface area contributed by atoms with Gasteiger partial charge in [0.05, 0.1) is 6.54 Å². The number of rotatable bonds is 3. The van der Waals surface area contributed by atoms with E-state index in [0.717, 1.165) is 12.1 Å². The highest BCUT2D eigenvalue weighted by Gasteiger charge is 2.34. The normalized spacial score (nSPS) is 21.4. The minimum Gasteiger partial charge on any atom is -0.322 e. The third-order valence-corrected chi connectivity index (χ3v) is 4.47. The minimum absolute atomic E-state index is 0.0374. The molecule has 3 nitrogen and oxygen atoms in total. The van der Waals surface area contributed by atoms with E-state index in [1.165, 1.54) is 0 Å². The lowest BCUT2D eigenvalue weighted by Gasteiger charge is -2.33. The summed E-state index contributed by atoms with van der Waals surface area (Å²) in [5, 5.41) is 4.00. The standard InChI is InChI=1S/C16H23ClN2O/c1-11(16(2,3)4)10-19-14(20)9-18-15(19)12-5-7-13(17)8-6-12/h5-8,11,15,18H,9-10H2,1-4H3. The third-order valence-electron chi connectivity index (χ3n) is 4.21. The van der Waals surface area contributed by atoms with E-state index in [1.54, 1.807) is 0 Å². The second-order valence-corrected chi connectivity index (χ2v) is 7.08. The Bertz CT molecular complexity index is 478. The van der Waals surface area contributed by atoms with E-state index in [2.05, 4.69) is 33.0 Å². The summed E-state index contributed by atoms with van der Waals surface area (Å²) in [5.41, 5.74) is 1.27. The molecule has 0 radical (unpaired) electrons. The van der Waals surface area contributed by atoms with Crippen LogP contribution in [0.4, 0.5) is 0 Å². The molecule has 0 bridgehead atoms. The fourth-order valence-corrected chi connectivity index (χ4v) is 2.38. The molecule has 2 unspecified atom stereocenters. The predicted octanol–water partition coefficient (Wildman–Crippen LogP) is 3.45. The van der Waals surface area contributed by atoms with Crippen LogP contribution in [-0.2, 0) is 4.79 Å². The van der Waals surface area contributed by atoms with E-state index < -0.39 is 0 Å². The van der Waals surface area contributed by atoms with E-state index in [0.29, 0.717) is 17.5 Å². The molecule has 4 heteroatoms. The van der Waals surface area contributed by atoms with Gasteiger partial charge >= 0.3 is 0 Å². The Morgan fingerprint density at radius 1 is 1.35 bits per heavy atom. The number of carbonyl (C=O) groups is 1. The molecule has 1 aromatic rings. The SMILES string of the molecule is CC(CN1C(=O)CNC1c1ccc(Cl)cc1)C(C)(C)C. The zero-order chi connectivity index (χ0) is 14.9. The molecular weight excluding hydrogens is 272 g/mol. The summed E-state index contributed by atoms with van der Waals surface area (Å²) in [6.07, 6.45) is -0.0374. The van der Waals surface area contributed by atoms with Crippen molar-refractivity contribution in [2.45, 2.75) is 33.9 Å². The molecule has 1 heterocycles. The Morgan fingerprint density at radius 3 is 2.50 bits per heavy atom. The first kappa shape index (κ1) is 15.3. The predicted molar refractivity (Wildman–Crippen MR) is 82.5 cm³/mol. The first-order valence-electron chi connectivity index (χ1n) is 7.07. The molecule has 1 aromatic carbocycles. The lowest BCUT2D eigenvalue weighted by Crippen LogP contribution is -2.37. The molecule has 1 aliphatic heterocycles. The van der Waals surface area contributed by atoms with Crippen molar-refractivity contribution in [1.29, 1.82) is 0 Å². The molecule has 1 saturated heterocycles. The third kappa shape index (κ3) is 3.33. The number of halogens is 1. The summed E-state index contributed by atoms with van der Waals surface area (Å²) in [6, 6.07) is 7.69. The van der Waals surface area contributed by atoms with Crippen LogP contribution in [0, 0.1) is 11.3 Å². The molecule has 0 aromatic heterocycles. The van der Waals surface area contributed by atoms with Crippen molar-refractivity contribution in [1.82, 2.24) is 10.2 Å². The van der Waals surface area contributed by atoms with Gasteiger partial charge in [-0.25, -0.2) is 0 Å². The molecular formula is C16H23ClN2O. The van der Waals surface area contributed by atoms with Gasteiger partial charge in [-0.2, -0.15) is 0 Å². The van der Waals surface area contributed by atoms with E-state index in [-0.39, 0.29) is 17.5 Å². The zero-order valence-corrected chi connectivity index (χ0v) is 13.4. The van der Waals surface area contributed by atoms with Crippen molar-refractivity contribution in [2.24, 2.45) is 11.3 Å². The number of benzene rings is 1. The van der Waals surface area contributed by atoms with E-state index in [9.17, 15) is 4.79 Å². The van der Waals surface area contributed by atoms with Crippen molar-refractivity contribution in [2.75, 3.05) is 13.1 Å². The molecule has 110 valence electrons. The second kappa shape index (κ2) is 5.74. The number of carbonyl (C=O) groups excluding carboxylic acids is 1. The van der Waals surface area contributed by atoms with Crippen LogP contribution in [0.5, 0.6) is 0 Å². The number of nitrogens with zero attached hydrogens (tertiary/aromatic N) is 1. The van der Waals surface area contributed by atoms with Gasteiger partial charge in [0, 0.05) is 11.6 Å². The summed E-state index contributed by atoms with van der Waals surface area (Å²) < 4.78 is 0. The van der Waals surface area contributed by atoms with Gasteiger partial charge in [-0.05, 0) is 29.0 Å². The van der Waals surface area contributed by atoms with Crippen LogP contribution >= 0.6 is 11.6 Å². The largest absolute Gasteiger partial charge is 0.322 e. The molecule has 0 saturated carbocycles. The maximum atomic E-state index is 12.1. The average Bonchev–Trinajstić information content (AvgIpc) is 2.71. The smallest absolute Gasteiger partial charge is 0.238 e. The van der Waals surface area contributed by atoms with E-state index in [4.69, 9.17) is 11.6 Å². The van der Waals surface area contributed by atoms with Crippen LogP contribution in [0.3, 0.4) is 0 Å². The van der Waals surface area contributed by atoms with Crippen LogP contribution in [0.1, 0.15) is 39.4 Å². The Kier molecular flexibility index (Phi) is 4.40. The van der Waals surface area contributed by atoms with Crippen molar-refractivity contribution in [3.05, 3.63) is 34.9 Å². The summed E-state index contributed by atoms with van der Waals surface area (Å²) in [6.45, 7) is 10.0. The highest BCUT2D eigenvalue weighted by molar-refractivity contribution is 6.30. The Morgan fingerprint density at radius 2 is 1.95 bits per heavy atom. The average molecular weight is 295 g/mol. The van der Waals surface area contributed by atoms with Gasteiger partial charge in [-0.1, -0.05) is 51.4 Å². The number of nitrogens with one attached hydrogen (secondary N) is 1. The highest BCUT2D eigenvalue weighted by atomic mass is 35.5. The number of hydrogen-bond acceptors (Lipinski definition) is 2. The van der Waals surface area contributed by atoms with E-state index in [1.807, 2.05) is 29.2 Å². The van der Waals surface area contributed by atoms with Gasteiger partial charge < -0.3 is 4.90 Å². The molecule has 20 heavy (non-hydrogen) atoms. The van der Waals surface area contributed by atoms with Crippen LogP contribution in [-0.4, -0.2) is 23.9 Å². The Balaban J connectivity index is 2.16. The molecule has 1 fully saturated rings. The molecule has 2 rings (SSSR count). The number of hydrogen-bond donors (Lipinski definition) is 1. The Labute approximate surface area is 126 Å². The summed E-state index contributed by atoms with van der Waals surface area (Å²) in [5.74, 6) is 0.599. The van der Waals surface area contributed by atoms with Gasteiger partial charge in [-0.3, -0.25) is 10.1 Å². The molecule has 1 amide bonds. The quantitative estimate of drug-likeness (QED) is 0.926. The fraction of sp³-hybridized carbons (Fsp3) is 0.562. The molecule has 1 N–H and O–H groups in total. The van der Waals surface area contributed by atoms with Crippen LogP contribution in [0.2, 0.25) is 5.02 Å². The van der Waals surface area contributed by atoms with Gasteiger partial charge in [-0.15, -0.1) is 0 Å². The van der Waals surface area contributed by atoms with Gasteiger partial charge in [0.1, 0.15) is 6.17 Å². The van der Waals surface area contributed by atoms with Gasteiger partial charge in [0.2, 0.25) is 5.91 Å². The van der Waals surface area contributed by atoms with Crippen molar-refractivity contribution >= 4 is 17.5 Å². The summed E-state index contributed by atoms with van der Waals surface area (Å²) >= 11 is 5.93. The summed E-state index contributed by atoms with van der Waals surface area (Å²) in [4.78, 5) is 14.1. The lowest BCUT2D eigenvalue weighted by molar-refractivity contribution is -0.129. The maximum absolute atomic E-state index is 12.1. The van der Waals surface area contributed by atoms with Gasteiger partial charge in [0.25, 0.3) is 0 Å². The first-order valence-corrected chi connectivity index (χ1v) is 7.45. The minimum atomic E-state index is -0.0374.